The van der Waals surface area contributed by atoms with E-state index in [0.717, 1.165) is 67.2 Å². The van der Waals surface area contributed by atoms with Gasteiger partial charge in [-0.1, -0.05) is 44.4 Å². The molecule has 1 radical (unpaired) electrons. The van der Waals surface area contributed by atoms with Gasteiger partial charge in [-0.15, -0.1) is 0 Å². The quantitative estimate of drug-likeness (QED) is 0.00424. The van der Waals surface area contributed by atoms with Crippen molar-refractivity contribution >= 4 is 78.6 Å². The first-order valence-electron chi connectivity index (χ1n) is 43.1. The van der Waals surface area contributed by atoms with Crippen LogP contribution < -0.4 is 77.2 Å². The number of hydrogen-bond donors (Lipinski definition) is 27. The fraction of sp³-hybridized carbons (Fsp3) is 0.797. The number of unbranched alkanes of at least 4 members (excludes halogenated alkanes) is 5. The number of ether oxygens (including phenoxy) is 15. The van der Waals surface area contributed by atoms with Crippen LogP contribution in [-0.4, -0.2) is 460 Å². The van der Waals surface area contributed by atoms with Crippen LogP contribution in [-0.2, 0) is 133 Å². The van der Waals surface area contributed by atoms with Gasteiger partial charge in [0.2, 0.25) is 45.8 Å². The van der Waals surface area contributed by atoms with Crippen LogP contribution in [0.3, 0.4) is 0 Å². The molecule has 9 rings (SSSR count). The molecule has 8 saturated heterocycles. The molecule has 0 bridgehead atoms. The van der Waals surface area contributed by atoms with Gasteiger partial charge in [0.15, 0.2) is 50.3 Å². The van der Waals surface area contributed by atoms with Crippen molar-refractivity contribution in [2.75, 3.05) is 59.5 Å². The summed E-state index contributed by atoms with van der Waals surface area (Å²) >= 11 is 1.48. The fourth-order valence-electron chi connectivity index (χ4n) is 16.2. The maximum atomic E-state index is 13.8. The van der Waals surface area contributed by atoms with Gasteiger partial charge < -0.3 is 227 Å². The summed E-state index contributed by atoms with van der Waals surface area (Å²) < 4.78 is 127. The number of allylic oxidation sites excluding steroid dienone is 2. The third kappa shape index (κ3) is 34.9. The van der Waals surface area contributed by atoms with Crippen molar-refractivity contribution in [2.45, 2.75) is 339 Å². The third-order valence-corrected chi connectivity index (χ3v) is 23.1. The Hall–Kier alpha value is -4.50. The summed E-state index contributed by atoms with van der Waals surface area (Å²) in [6.07, 6.45) is -44.3. The molecular weight excluding hydrogens is 2040 g/mol. The summed E-state index contributed by atoms with van der Waals surface area (Å²) in [5.74, 6) is -4.94. The molecule has 8 aliphatic heterocycles. The van der Waals surface area contributed by atoms with E-state index in [1.54, 1.807) is 12.1 Å². The van der Waals surface area contributed by atoms with Crippen molar-refractivity contribution in [1.82, 2.24) is 37.2 Å². The molecular formula is C79H129IN9NaO46SV. The second kappa shape index (κ2) is 60.6. The van der Waals surface area contributed by atoms with Crippen molar-refractivity contribution in [1.29, 1.82) is 0 Å². The average Bonchev–Trinajstić information content (AvgIpc) is 0.771. The number of rotatable bonds is 40. The Bertz CT molecular complexity index is 4030. The van der Waals surface area contributed by atoms with Gasteiger partial charge in [-0.25, -0.2) is 8.42 Å². The van der Waals surface area contributed by atoms with Crippen molar-refractivity contribution in [3.63, 3.8) is 0 Å². The number of amides is 7. The Balaban J connectivity index is 0.000000563. The molecule has 138 heavy (non-hydrogen) atoms. The number of aliphatic hydroxyl groups is 19. The predicted octanol–water partition coefficient (Wildman–Crippen LogP) is -15.9. The van der Waals surface area contributed by atoms with Crippen molar-refractivity contribution in [3.8, 4) is 5.75 Å². The molecule has 0 saturated carbocycles. The molecule has 16 unspecified atom stereocenters. The van der Waals surface area contributed by atoms with E-state index in [2.05, 4.69) is 60.5 Å². The zero-order chi connectivity index (χ0) is 100. The Labute approximate surface area is 839 Å². The zero-order valence-electron chi connectivity index (χ0n) is 76.3. The van der Waals surface area contributed by atoms with Gasteiger partial charge in [0.1, 0.15) is 195 Å². The first kappa shape index (κ1) is 126. The first-order chi connectivity index (χ1) is 63.9. The Morgan fingerprint density at radius 1 is 0.420 bits per heavy atom. The van der Waals surface area contributed by atoms with E-state index in [4.69, 9.17) is 81.6 Å². The Morgan fingerprint density at radius 2 is 0.710 bits per heavy atom. The van der Waals surface area contributed by atoms with Crippen molar-refractivity contribution in [3.05, 3.63) is 48.1 Å². The Kier molecular flexibility index (Phi) is 55.2. The summed E-state index contributed by atoms with van der Waals surface area (Å²) in [6, 6.07) is -6.64. The minimum atomic E-state index is -5.38. The minimum Gasteiger partial charge on any atom is -0.726 e. The largest absolute Gasteiger partial charge is 2.00 e. The van der Waals surface area contributed by atoms with E-state index >= 15 is 0 Å². The van der Waals surface area contributed by atoms with E-state index in [1.807, 2.05) is 0 Å². The molecule has 59 heteroatoms. The number of carbonyl (C=O) groups is 7. The van der Waals surface area contributed by atoms with Gasteiger partial charge in [0, 0.05) is 47.1 Å². The number of carbonyl (C=O) groups excluding carboxylic acids is 8. The molecule has 0 spiro atoms. The van der Waals surface area contributed by atoms with Crippen molar-refractivity contribution < 1.29 is 272 Å². The number of benzene rings is 1. The van der Waals surface area contributed by atoms with Crippen LogP contribution in [0.25, 0.3) is 6.15 Å². The van der Waals surface area contributed by atoms with Gasteiger partial charge in [-0.2, -0.15) is 4.29 Å². The van der Waals surface area contributed by atoms with E-state index in [0.29, 0.717) is 12.4 Å². The van der Waals surface area contributed by atoms with Gasteiger partial charge in [-0.05, 0) is 43.9 Å². The number of aliphatic hydroxyl groups excluding tert-OH is 19. The monoisotopic (exact) mass is 2170 g/mol. The summed E-state index contributed by atoms with van der Waals surface area (Å²) in [4.78, 5) is 96.1. The number of nitrogens with one attached hydrogen (secondary N) is 7. The summed E-state index contributed by atoms with van der Waals surface area (Å²) in [5, 5.41) is 222. The van der Waals surface area contributed by atoms with Gasteiger partial charge in [0.05, 0.1) is 65.5 Å². The van der Waals surface area contributed by atoms with Crippen LogP contribution in [0.4, 0.5) is 0 Å². The molecule has 8 heterocycles. The second-order valence-corrected chi connectivity index (χ2v) is 34.2. The normalized spacial score (nSPS) is 38.0. The summed E-state index contributed by atoms with van der Waals surface area (Å²) in [7, 11) is -5.38. The molecule has 785 valence electrons. The number of hydrogen-bond acceptors (Lipinski definition) is 47. The van der Waals surface area contributed by atoms with Crippen molar-refractivity contribution in [2.24, 2.45) is 5.73 Å². The average molecular weight is 2170 g/mol. The summed E-state index contributed by atoms with van der Waals surface area (Å²) in [5.41, 5.74) is 6.05. The zero-order valence-corrected chi connectivity index (χ0v) is 82.7. The minimum absolute atomic E-state index is 0. The van der Waals surface area contributed by atoms with Crippen LogP contribution in [0.1, 0.15) is 104 Å². The SMILES string of the molecule is CC(=O)NC1C(O)[C@H](O[C@@H]2OC(CO)[C@@H](O)[C@H](O)C2N)[C@H](CO)O[C@H]1O[C@@H]1C(CO)O[C@@H](O[C@H]2C(O)C(NC(C)=O)[C@H](O)O[C@H]2COS(=O)(=O)[O-])C(NC(C)=O)[C@H]1O.CCCCCC/C=C\CCCOc1cccc(C(=O)NC2[C@H](O[C@H]3C(O)C(NC(C)=O)[C@H](O[C@@H]4C(CO)O[C@@H](O[C@H]5C(O)C(NC(C)=O)[C@H](O)O[C@H]5CO)C(NC(C)=O)[C@H]4O)O[C@H]3CO)OC(CO)[C@@H](O)[C@@H]2O)c1.O=[C-]I.[NH2-].[Na+].[V+2]. The van der Waals surface area contributed by atoms with Crippen LogP contribution in [0, 0.1) is 0 Å². The molecule has 7 amide bonds. The van der Waals surface area contributed by atoms with Gasteiger partial charge in [0.25, 0.3) is 5.91 Å². The topological polar surface area (TPSA) is 870 Å². The fourth-order valence-corrected chi connectivity index (χ4v) is 16.5. The van der Waals surface area contributed by atoms with Crippen LogP contribution in [0.5, 0.6) is 5.75 Å². The molecule has 30 N–H and O–H groups in total. The maximum Gasteiger partial charge on any atom is 2.00 e. The van der Waals surface area contributed by atoms with Gasteiger partial charge in [-0.3, -0.25) is 60.3 Å². The van der Waals surface area contributed by atoms with Crippen LogP contribution in [0.15, 0.2) is 36.4 Å². The molecule has 0 aromatic heterocycles. The van der Waals surface area contributed by atoms with Crippen LogP contribution >= 0.6 is 22.6 Å². The molecule has 8 fully saturated rings. The molecule has 40 atom stereocenters. The summed E-state index contributed by atoms with van der Waals surface area (Å²) in [6.45, 7) is 1.48. The molecule has 1 aromatic rings. The molecule has 1 aromatic carbocycles. The Morgan fingerprint density at radius 3 is 1.05 bits per heavy atom. The van der Waals surface area contributed by atoms with E-state index in [-0.39, 0.29) is 59.8 Å². The van der Waals surface area contributed by atoms with E-state index in [1.165, 1.54) is 58.3 Å². The predicted molar refractivity (Wildman–Crippen MR) is 457 cm³/mol. The maximum absolute atomic E-state index is 13.8. The number of nitrogens with two attached hydrogens (primary N) is 2. The number of halogens is 1. The molecule has 8 aliphatic rings. The third-order valence-electron chi connectivity index (χ3n) is 22.7. The van der Waals surface area contributed by atoms with Gasteiger partial charge >= 0.3 is 48.1 Å². The van der Waals surface area contributed by atoms with E-state index in [9.17, 15) is 144 Å². The molecule has 55 nitrogen and oxygen atoms in total. The second-order valence-electron chi connectivity index (χ2n) is 32.7. The standard InChI is InChI=1S/C48H76N4O22.C30H52N4O23S.CIO.H2N.Na.V/c1-5-6-7-8-9-10-11-12-13-17-67-27-16-14-15-26(18-27)44(65)52-33-37(61)36(60)28(19-53)69-46(33)73-42-30(21-55)71-48(35(39(42)63)51-25(4)59)74-43-31(22-56)70-47(34(40(43)64)50-24(3)58)72-41-29(20-54)68-45(66)32(38(41)62)49-23(2)57;1-8(38)32-16-21(43)26(14(51-27(16)46)7-50-58(47,48)49)57-30-18(34-10(3)40)23(45)25(13(6-37)54-30)56-29-17(33-9(2)39)22(44)24(12(5-36)53-29)55-28-15(31)20(42)19(41)11(4-35)52-28;2-1-3;;;/h10-11,14-16,18,28-43,45-48,53-56,60-64,66H,5-9,12-13,17,19-22H2,1-4H3,(H,49,57)(H,50,58)(H,51,59)(H,52,65);11-30,35-37,41-46H,4-7,31H2,1-3H3,(H,32,38)(H,33,39)(H,34,40)(H,47,48,49);;1H2;;/q;;2*-1;+1;+2/p-1/b11-10-;;;;;/t28?,29-,30-,31?,32?,33?,34?,35?,36+,37+,38?,39?,40+,41+,42+,43+,45+,46-,47-,48-;11?,12-,13?,14-,15?,16?,17?,18?,19+,20+,21?,22?,23+,24+,25+,26+,27+,28-,29-,30-;;;;/m00..../s1. The van der Waals surface area contributed by atoms with E-state index < -0.39 is 350 Å². The van der Waals surface area contributed by atoms with Crippen LogP contribution in [0.2, 0.25) is 0 Å². The first-order valence-corrected chi connectivity index (χ1v) is 45.6. The smallest absolute Gasteiger partial charge is 0.726 e. The molecule has 0 aliphatic carbocycles.